The van der Waals surface area contributed by atoms with Gasteiger partial charge in [-0.05, 0) is 47.4 Å². The van der Waals surface area contributed by atoms with Gasteiger partial charge in [0.15, 0.2) is 0 Å². The van der Waals surface area contributed by atoms with E-state index in [-0.39, 0.29) is 5.97 Å². The zero-order valence-corrected chi connectivity index (χ0v) is 13.4. The number of aryl methyl sites for hydroxylation is 1. The molecule has 0 amide bonds. The Morgan fingerprint density at radius 1 is 1.20 bits per heavy atom. The second kappa shape index (κ2) is 6.91. The Morgan fingerprint density at radius 3 is 2.50 bits per heavy atom. The summed E-state index contributed by atoms with van der Waals surface area (Å²) in [7, 11) is 1.39. The van der Waals surface area contributed by atoms with Gasteiger partial charge in [-0.2, -0.15) is 0 Å². The van der Waals surface area contributed by atoms with Crippen LogP contribution < -0.4 is 0 Å². The number of carbonyl (C=O) groups excluding carboxylic acids is 1. The van der Waals surface area contributed by atoms with Crippen LogP contribution >= 0.6 is 27.5 Å². The minimum atomic E-state index is -0.316. The lowest BCUT2D eigenvalue weighted by Crippen LogP contribution is -2.03. The predicted octanol–water partition coefficient (Wildman–Crippen LogP) is 4.73. The summed E-state index contributed by atoms with van der Waals surface area (Å²) in [5.74, 6) is -0.316. The van der Waals surface area contributed by atoms with Crippen LogP contribution in [-0.4, -0.2) is 18.4 Å². The van der Waals surface area contributed by atoms with Crippen molar-refractivity contribution < 1.29 is 9.53 Å². The first-order valence-corrected chi connectivity index (χ1v) is 7.69. The second-order valence-electron chi connectivity index (χ2n) is 4.31. The highest BCUT2D eigenvalue weighted by atomic mass is 79.9. The molecule has 2 rings (SSSR count). The third-order valence-electron chi connectivity index (χ3n) is 3.05. The maximum atomic E-state index is 11.6. The van der Waals surface area contributed by atoms with Crippen LogP contribution in [0.3, 0.4) is 0 Å². The summed E-state index contributed by atoms with van der Waals surface area (Å²) in [4.78, 5) is 11.6. The van der Waals surface area contributed by atoms with E-state index in [0.29, 0.717) is 10.6 Å². The molecule has 0 aliphatic carbocycles. The third kappa shape index (κ3) is 3.41. The summed E-state index contributed by atoms with van der Waals surface area (Å²) < 4.78 is 4.76. The third-order valence-corrected chi connectivity index (χ3v) is 3.69. The van der Waals surface area contributed by atoms with E-state index in [4.69, 9.17) is 16.3 Å². The van der Waals surface area contributed by atoms with E-state index in [0.717, 1.165) is 28.4 Å². The Hall–Kier alpha value is -1.32. The van der Waals surface area contributed by atoms with Gasteiger partial charge in [0.05, 0.1) is 12.7 Å². The molecule has 2 nitrogen and oxygen atoms in total. The van der Waals surface area contributed by atoms with Crippen LogP contribution in [0, 0.1) is 0 Å². The molecule has 0 aliphatic rings. The van der Waals surface area contributed by atoms with Gasteiger partial charge in [-0.15, -0.1) is 0 Å². The van der Waals surface area contributed by atoms with E-state index < -0.39 is 0 Å². The Balaban J connectivity index is 2.46. The summed E-state index contributed by atoms with van der Waals surface area (Å²) in [6.07, 6.45) is 0.836. The second-order valence-corrected chi connectivity index (χ2v) is 5.54. The molecule has 4 heteroatoms. The average molecular weight is 354 g/mol. The van der Waals surface area contributed by atoms with Gasteiger partial charge in [-0.3, -0.25) is 0 Å². The van der Waals surface area contributed by atoms with Crippen molar-refractivity contribution in [2.24, 2.45) is 0 Å². The number of alkyl halides is 1. The number of methoxy groups -OCH3 is 1. The first kappa shape index (κ1) is 15.1. The highest BCUT2D eigenvalue weighted by Gasteiger charge is 2.11. The minimum Gasteiger partial charge on any atom is -0.465 e. The molecule has 0 aromatic heterocycles. The SMILES string of the molecule is COC(=O)c1ccc(-c2ccc(Cl)cc2)c(CCBr)c1. The predicted molar refractivity (Wildman–Crippen MR) is 85.7 cm³/mol. The fourth-order valence-corrected chi connectivity index (χ4v) is 2.61. The number of ether oxygens (including phenoxy) is 1. The molecular formula is C16H14BrClO2. The maximum absolute atomic E-state index is 11.6. The average Bonchev–Trinajstić information content (AvgIpc) is 2.48. The van der Waals surface area contributed by atoms with Crippen LogP contribution in [0.5, 0.6) is 0 Å². The van der Waals surface area contributed by atoms with Crippen LogP contribution in [0.4, 0.5) is 0 Å². The first-order valence-electron chi connectivity index (χ1n) is 6.19. The van der Waals surface area contributed by atoms with Crippen LogP contribution in [0.1, 0.15) is 15.9 Å². The Kier molecular flexibility index (Phi) is 5.21. The van der Waals surface area contributed by atoms with Gasteiger partial charge in [-0.1, -0.05) is 45.7 Å². The number of rotatable bonds is 4. The maximum Gasteiger partial charge on any atom is 0.337 e. The van der Waals surface area contributed by atoms with Crippen molar-refractivity contribution >= 4 is 33.5 Å². The summed E-state index contributed by atoms with van der Waals surface area (Å²) in [5, 5.41) is 1.54. The lowest BCUT2D eigenvalue weighted by molar-refractivity contribution is 0.0600. The summed E-state index contributed by atoms with van der Waals surface area (Å²) >= 11 is 9.36. The molecule has 20 heavy (non-hydrogen) atoms. The van der Waals surface area contributed by atoms with Crippen molar-refractivity contribution in [1.82, 2.24) is 0 Å². The van der Waals surface area contributed by atoms with Gasteiger partial charge in [0.25, 0.3) is 0 Å². The zero-order chi connectivity index (χ0) is 14.5. The highest BCUT2D eigenvalue weighted by Crippen LogP contribution is 2.27. The molecule has 0 fully saturated rings. The fourth-order valence-electron chi connectivity index (χ4n) is 2.06. The quantitative estimate of drug-likeness (QED) is 0.586. The molecule has 2 aromatic carbocycles. The van der Waals surface area contributed by atoms with Gasteiger partial charge in [-0.25, -0.2) is 4.79 Å². The lowest BCUT2D eigenvalue weighted by atomic mass is 9.96. The van der Waals surface area contributed by atoms with Crippen molar-refractivity contribution in [3.8, 4) is 11.1 Å². The molecule has 0 radical (unpaired) electrons. The topological polar surface area (TPSA) is 26.3 Å². The van der Waals surface area contributed by atoms with Gasteiger partial charge < -0.3 is 4.74 Å². The van der Waals surface area contributed by atoms with Gasteiger partial charge in [0.1, 0.15) is 0 Å². The molecule has 0 saturated carbocycles. The van der Waals surface area contributed by atoms with Crippen molar-refractivity contribution in [3.63, 3.8) is 0 Å². The number of hydrogen-bond acceptors (Lipinski definition) is 2. The molecule has 0 N–H and O–H groups in total. The van der Waals surface area contributed by atoms with Crippen LogP contribution in [0.15, 0.2) is 42.5 Å². The molecule has 0 saturated heterocycles. The van der Waals surface area contributed by atoms with E-state index in [1.807, 2.05) is 36.4 Å². The van der Waals surface area contributed by atoms with Crippen molar-refractivity contribution in [1.29, 1.82) is 0 Å². The lowest BCUT2D eigenvalue weighted by Gasteiger charge is -2.11. The summed E-state index contributed by atoms with van der Waals surface area (Å²) in [6.45, 7) is 0. The Labute approximate surface area is 131 Å². The van der Waals surface area contributed by atoms with Crippen molar-refractivity contribution in [2.45, 2.75) is 6.42 Å². The first-order chi connectivity index (χ1) is 9.65. The number of esters is 1. The van der Waals surface area contributed by atoms with Crippen LogP contribution in [0.2, 0.25) is 5.02 Å². The van der Waals surface area contributed by atoms with Gasteiger partial charge in [0.2, 0.25) is 0 Å². The molecular weight excluding hydrogens is 340 g/mol. The van der Waals surface area contributed by atoms with E-state index in [9.17, 15) is 4.79 Å². The Bertz CT molecular complexity index is 608. The molecule has 0 spiro atoms. The van der Waals surface area contributed by atoms with Crippen LogP contribution in [-0.2, 0) is 11.2 Å². The normalized spacial score (nSPS) is 10.3. The molecule has 0 bridgehead atoms. The summed E-state index contributed by atoms with van der Waals surface area (Å²) in [5.41, 5.74) is 3.86. The zero-order valence-electron chi connectivity index (χ0n) is 11.0. The molecule has 0 atom stereocenters. The smallest absolute Gasteiger partial charge is 0.337 e. The fraction of sp³-hybridized carbons (Fsp3) is 0.188. The van der Waals surface area contributed by atoms with E-state index in [1.54, 1.807) is 6.07 Å². The highest BCUT2D eigenvalue weighted by molar-refractivity contribution is 9.09. The van der Waals surface area contributed by atoms with Crippen molar-refractivity contribution in [3.05, 3.63) is 58.6 Å². The standard InChI is InChI=1S/C16H14BrClO2/c1-20-16(19)13-4-7-15(12(10-13)8-9-17)11-2-5-14(18)6-3-11/h2-7,10H,8-9H2,1H3. The van der Waals surface area contributed by atoms with Gasteiger partial charge >= 0.3 is 5.97 Å². The van der Waals surface area contributed by atoms with E-state index in [1.165, 1.54) is 7.11 Å². The summed E-state index contributed by atoms with van der Waals surface area (Å²) in [6, 6.07) is 13.3. The monoisotopic (exact) mass is 352 g/mol. The number of benzene rings is 2. The number of halogens is 2. The van der Waals surface area contributed by atoms with Crippen molar-refractivity contribution in [2.75, 3.05) is 12.4 Å². The van der Waals surface area contributed by atoms with E-state index >= 15 is 0 Å². The van der Waals surface area contributed by atoms with E-state index in [2.05, 4.69) is 15.9 Å². The molecule has 2 aromatic rings. The number of hydrogen-bond donors (Lipinski definition) is 0. The minimum absolute atomic E-state index is 0.316. The molecule has 0 heterocycles. The molecule has 104 valence electrons. The van der Waals surface area contributed by atoms with Crippen LogP contribution in [0.25, 0.3) is 11.1 Å². The Morgan fingerprint density at radius 2 is 1.90 bits per heavy atom. The number of carbonyl (C=O) groups is 1. The van der Waals surface area contributed by atoms with Gasteiger partial charge in [0, 0.05) is 10.4 Å². The molecule has 0 unspecified atom stereocenters. The molecule has 0 aliphatic heterocycles. The largest absolute Gasteiger partial charge is 0.465 e.